The third-order valence-electron chi connectivity index (χ3n) is 4.83. The third kappa shape index (κ3) is 7.60. The number of carbonyl (C=O) groups excluding carboxylic acids is 1. The Morgan fingerprint density at radius 2 is 1.77 bits per heavy atom. The van der Waals surface area contributed by atoms with Gasteiger partial charge in [0.15, 0.2) is 23.4 Å². The largest absolute Gasteiger partial charge is 0.356 e. The molecule has 1 unspecified atom stereocenters. The number of benzene rings is 2. The molecule has 0 saturated heterocycles. The zero-order valence-corrected chi connectivity index (χ0v) is 17.9. The van der Waals surface area contributed by atoms with Crippen molar-refractivity contribution in [3.05, 3.63) is 65.5 Å². The minimum atomic E-state index is -1.63. The number of nitrogens with zero attached hydrogens (tertiary/aromatic N) is 2. The number of guanidine groups is 1. The molecule has 1 atom stereocenters. The topological polar surface area (TPSA) is 68.8 Å². The van der Waals surface area contributed by atoms with Gasteiger partial charge in [-0.15, -0.1) is 0 Å². The second kappa shape index (κ2) is 11.9. The zero-order chi connectivity index (χ0) is 22.8. The highest BCUT2D eigenvalue weighted by molar-refractivity contribution is 5.95. The quantitative estimate of drug-likeness (QED) is 0.322. The molecule has 0 fully saturated rings. The third-order valence-corrected chi connectivity index (χ3v) is 4.83. The van der Waals surface area contributed by atoms with Crippen molar-refractivity contribution < 1.29 is 18.0 Å². The number of hydrogen-bond donors (Lipinski definition) is 3. The first-order chi connectivity index (χ1) is 14.8. The Bertz CT molecular complexity index is 892. The molecule has 0 aromatic heterocycles. The van der Waals surface area contributed by atoms with Gasteiger partial charge in [0.2, 0.25) is 5.91 Å². The number of halogens is 3. The average Bonchev–Trinajstić information content (AvgIpc) is 2.77. The molecule has 0 radical (unpaired) electrons. The van der Waals surface area contributed by atoms with Gasteiger partial charge in [-0.25, -0.2) is 13.2 Å². The molecular weight excluding hydrogens is 407 g/mol. The van der Waals surface area contributed by atoms with E-state index < -0.39 is 29.0 Å². The maximum Gasteiger partial charge on any atom is 0.243 e. The second-order valence-corrected chi connectivity index (χ2v) is 7.16. The van der Waals surface area contributed by atoms with E-state index in [4.69, 9.17) is 0 Å². The Morgan fingerprint density at radius 1 is 1.06 bits per heavy atom. The summed E-state index contributed by atoms with van der Waals surface area (Å²) in [6, 6.07) is 12.2. The number of rotatable bonds is 9. The normalized spacial score (nSPS) is 12.5. The molecule has 0 saturated carbocycles. The fourth-order valence-electron chi connectivity index (χ4n) is 2.85. The predicted octanol–water partition coefficient (Wildman–Crippen LogP) is 3.12. The van der Waals surface area contributed by atoms with Gasteiger partial charge >= 0.3 is 0 Å². The van der Waals surface area contributed by atoms with Gasteiger partial charge in [-0.05, 0) is 38.1 Å². The van der Waals surface area contributed by atoms with Crippen LogP contribution in [0.2, 0.25) is 0 Å². The Kier molecular flexibility index (Phi) is 9.33. The molecule has 2 aromatic rings. The van der Waals surface area contributed by atoms with Crippen molar-refractivity contribution in [1.29, 1.82) is 0 Å². The fourth-order valence-corrected chi connectivity index (χ4v) is 2.85. The van der Waals surface area contributed by atoms with Gasteiger partial charge in [0.25, 0.3) is 0 Å². The highest BCUT2D eigenvalue weighted by Crippen LogP contribution is 2.19. The lowest BCUT2D eigenvalue weighted by molar-refractivity contribution is -0.115. The second-order valence-electron chi connectivity index (χ2n) is 7.16. The summed E-state index contributed by atoms with van der Waals surface area (Å²) in [5.74, 6) is -4.61. The summed E-state index contributed by atoms with van der Waals surface area (Å²) in [5, 5.41) is 8.11. The fraction of sp³-hybridized carbons (Fsp3) is 0.364. The SMILES string of the molecule is CN=C(NCCC(C)N(C)Cc1ccccc1)NCC(=O)Nc1ccc(F)c(F)c1F. The molecule has 0 bridgehead atoms. The Labute approximate surface area is 180 Å². The van der Waals surface area contributed by atoms with Crippen molar-refractivity contribution in [2.45, 2.75) is 25.9 Å². The van der Waals surface area contributed by atoms with Crippen molar-refractivity contribution >= 4 is 17.6 Å². The Balaban J connectivity index is 1.73. The van der Waals surface area contributed by atoms with Crippen molar-refractivity contribution in [3.8, 4) is 0 Å². The lowest BCUT2D eigenvalue weighted by Crippen LogP contribution is -2.43. The summed E-state index contributed by atoms with van der Waals surface area (Å²) in [6.45, 7) is 3.38. The van der Waals surface area contributed by atoms with Gasteiger partial charge < -0.3 is 16.0 Å². The van der Waals surface area contributed by atoms with Gasteiger partial charge in [-0.1, -0.05) is 30.3 Å². The smallest absolute Gasteiger partial charge is 0.243 e. The van der Waals surface area contributed by atoms with E-state index in [0.717, 1.165) is 25.1 Å². The number of aliphatic imine (C=N–C) groups is 1. The summed E-state index contributed by atoms with van der Waals surface area (Å²) in [7, 11) is 3.62. The minimum Gasteiger partial charge on any atom is -0.356 e. The monoisotopic (exact) mass is 435 g/mol. The molecule has 1 amide bonds. The summed E-state index contributed by atoms with van der Waals surface area (Å²) in [6.07, 6.45) is 0.844. The maximum absolute atomic E-state index is 13.6. The molecule has 2 rings (SSSR count). The Hall–Kier alpha value is -3.07. The van der Waals surface area contributed by atoms with Crippen LogP contribution in [0.5, 0.6) is 0 Å². The standard InChI is InChI=1S/C22H28F3N5O/c1-15(30(3)14-16-7-5-4-6-8-16)11-12-27-22(26-2)28-13-19(31)29-18-10-9-17(23)20(24)21(18)25/h4-10,15H,11-14H2,1-3H3,(H,29,31)(H2,26,27,28). The van der Waals surface area contributed by atoms with Crippen molar-refractivity contribution in [2.75, 3.05) is 32.5 Å². The van der Waals surface area contributed by atoms with E-state index in [1.165, 1.54) is 5.56 Å². The van der Waals surface area contributed by atoms with Gasteiger partial charge in [-0.2, -0.15) is 0 Å². The van der Waals surface area contributed by atoms with Gasteiger partial charge in [0, 0.05) is 26.2 Å². The van der Waals surface area contributed by atoms with Crippen LogP contribution in [0.3, 0.4) is 0 Å². The van der Waals surface area contributed by atoms with Gasteiger partial charge in [0.1, 0.15) is 0 Å². The van der Waals surface area contributed by atoms with Crippen LogP contribution in [0.25, 0.3) is 0 Å². The highest BCUT2D eigenvalue weighted by Gasteiger charge is 2.15. The number of hydrogen-bond acceptors (Lipinski definition) is 3. The van der Waals surface area contributed by atoms with E-state index in [2.05, 4.69) is 51.9 Å². The number of nitrogens with one attached hydrogen (secondary N) is 3. The molecule has 0 heterocycles. The lowest BCUT2D eigenvalue weighted by atomic mass is 10.1. The molecule has 9 heteroatoms. The average molecular weight is 435 g/mol. The van der Waals surface area contributed by atoms with Crippen LogP contribution in [0, 0.1) is 17.5 Å². The molecule has 3 N–H and O–H groups in total. The minimum absolute atomic E-state index is 0.221. The van der Waals surface area contributed by atoms with Crippen LogP contribution < -0.4 is 16.0 Å². The van der Waals surface area contributed by atoms with Crippen LogP contribution in [-0.4, -0.2) is 50.0 Å². The van der Waals surface area contributed by atoms with Crippen LogP contribution in [-0.2, 0) is 11.3 Å². The van der Waals surface area contributed by atoms with Crippen LogP contribution >= 0.6 is 0 Å². The summed E-state index contributed by atoms with van der Waals surface area (Å²) in [4.78, 5) is 18.3. The van der Waals surface area contributed by atoms with E-state index in [-0.39, 0.29) is 6.54 Å². The van der Waals surface area contributed by atoms with E-state index in [1.54, 1.807) is 7.05 Å². The molecule has 0 aliphatic heterocycles. The molecule has 0 aliphatic carbocycles. The van der Waals surface area contributed by atoms with E-state index in [0.29, 0.717) is 18.5 Å². The predicted molar refractivity (Wildman–Crippen MR) is 116 cm³/mol. The van der Waals surface area contributed by atoms with Crippen LogP contribution in [0.4, 0.5) is 18.9 Å². The van der Waals surface area contributed by atoms with Gasteiger partial charge in [0.05, 0.1) is 12.2 Å². The molecule has 2 aromatic carbocycles. The van der Waals surface area contributed by atoms with Gasteiger partial charge in [-0.3, -0.25) is 14.7 Å². The molecule has 6 nitrogen and oxygen atoms in total. The van der Waals surface area contributed by atoms with E-state index in [1.807, 2.05) is 18.2 Å². The Morgan fingerprint density at radius 3 is 2.45 bits per heavy atom. The number of anilines is 1. The molecule has 31 heavy (non-hydrogen) atoms. The number of amides is 1. The highest BCUT2D eigenvalue weighted by atomic mass is 19.2. The van der Waals surface area contributed by atoms with E-state index in [9.17, 15) is 18.0 Å². The van der Waals surface area contributed by atoms with E-state index >= 15 is 0 Å². The number of carbonyl (C=O) groups is 1. The summed E-state index contributed by atoms with van der Waals surface area (Å²) in [5.41, 5.74) is 0.815. The first-order valence-corrected chi connectivity index (χ1v) is 9.93. The lowest BCUT2D eigenvalue weighted by Gasteiger charge is -2.25. The summed E-state index contributed by atoms with van der Waals surface area (Å²) >= 11 is 0. The van der Waals surface area contributed by atoms with Crippen LogP contribution in [0.1, 0.15) is 18.9 Å². The molecule has 168 valence electrons. The van der Waals surface area contributed by atoms with Crippen molar-refractivity contribution in [2.24, 2.45) is 4.99 Å². The van der Waals surface area contributed by atoms with Crippen molar-refractivity contribution in [3.63, 3.8) is 0 Å². The van der Waals surface area contributed by atoms with Crippen molar-refractivity contribution in [1.82, 2.24) is 15.5 Å². The maximum atomic E-state index is 13.6. The molecular formula is C22H28F3N5O. The molecule has 0 spiro atoms. The first-order valence-electron chi connectivity index (χ1n) is 9.93. The first kappa shape index (κ1) is 24.2. The molecule has 0 aliphatic rings. The zero-order valence-electron chi connectivity index (χ0n) is 17.9. The summed E-state index contributed by atoms with van der Waals surface area (Å²) < 4.78 is 39.9. The van der Waals surface area contributed by atoms with Crippen LogP contribution in [0.15, 0.2) is 47.5 Å².